The molecule has 0 bridgehead atoms. The Morgan fingerprint density at radius 2 is 1.88 bits per heavy atom. The van der Waals surface area contributed by atoms with Crippen molar-refractivity contribution in [2.75, 3.05) is 12.4 Å². The summed E-state index contributed by atoms with van der Waals surface area (Å²) in [6.07, 6.45) is 0. The van der Waals surface area contributed by atoms with Crippen molar-refractivity contribution in [3.05, 3.63) is 59.1 Å². The smallest absolute Gasteiger partial charge is 0.316 e. The first-order valence-corrected chi connectivity index (χ1v) is 9.22. The highest BCUT2D eigenvalue weighted by Crippen LogP contribution is 2.29. The molecule has 2 aromatic carbocycles. The van der Waals surface area contributed by atoms with Crippen LogP contribution in [0, 0.1) is 0 Å². The Morgan fingerprint density at radius 1 is 1.12 bits per heavy atom. The van der Waals surface area contributed by atoms with E-state index in [1.807, 2.05) is 24.3 Å². The van der Waals surface area contributed by atoms with E-state index in [0.717, 1.165) is 14.6 Å². The Kier molecular flexibility index (Phi) is 5.50. The van der Waals surface area contributed by atoms with Crippen LogP contribution in [0.25, 0.3) is 10.2 Å². The molecule has 0 N–H and O–H groups in total. The van der Waals surface area contributed by atoms with Gasteiger partial charge in [-0.05, 0) is 36.4 Å². The summed E-state index contributed by atoms with van der Waals surface area (Å²) in [6, 6.07) is 14.2. The third-order valence-electron chi connectivity index (χ3n) is 3.12. The summed E-state index contributed by atoms with van der Waals surface area (Å²) in [5.41, 5.74) is 1.38. The average molecular weight is 378 g/mol. The van der Waals surface area contributed by atoms with E-state index in [1.165, 1.54) is 23.1 Å². The maximum atomic E-state index is 11.9. The summed E-state index contributed by atoms with van der Waals surface area (Å²) in [5.74, 6) is -0.583. The van der Waals surface area contributed by atoms with Crippen LogP contribution in [0.15, 0.2) is 52.9 Å². The van der Waals surface area contributed by atoms with Gasteiger partial charge in [-0.25, -0.2) is 4.98 Å². The first-order valence-electron chi connectivity index (χ1n) is 7.04. The molecule has 0 aliphatic carbocycles. The number of ketones is 1. The SMILES string of the molecule is O=C(CSc1nc2ccccc2s1)OCC(=O)c1ccc(Cl)cc1. The highest BCUT2D eigenvalue weighted by Gasteiger charge is 2.12. The van der Waals surface area contributed by atoms with Crippen molar-refractivity contribution in [3.8, 4) is 0 Å². The van der Waals surface area contributed by atoms with Gasteiger partial charge < -0.3 is 4.74 Å². The molecule has 1 aromatic heterocycles. The molecule has 0 unspecified atom stereocenters. The van der Waals surface area contributed by atoms with Crippen LogP contribution in [-0.2, 0) is 9.53 Å². The molecule has 4 nitrogen and oxygen atoms in total. The van der Waals surface area contributed by atoms with Crippen LogP contribution in [0.3, 0.4) is 0 Å². The van der Waals surface area contributed by atoms with E-state index < -0.39 is 5.97 Å². The van der Waals surface area contributed by atoms with Crippen molar-refractivity contribution in [2.24, 2.45) is 0 Å². The number of halogens is 1. The van der Waals surface area contributed by atoms with Crippen LogP contribution in [-0.4, -0.2) is 29.1 Å². The zero-order valence-corrected chi connectivity index (χ0v) is 14.8. The minimum atomic E-state index is -0.443. The average Bonchev–Trinajstić information content (AvgIpc) is 3.01. The van der Waals surface area contributed by atoms with Gasteiger partial charge >= 0.3 is 5.97 Å². The van der Waals surface area contributed by atoms with E-state index in [-0.39, 0.29) is 18.1 Å². The number of fused-ring (bicyclic) bond motifs is 1. The summed E-state index contributed by atoms with van der Waals surface area (Å²) >= 11 is 8.60. The molecule has 0 aliphatic rings. The van der Waals surface area contributed by atoms with Gasteiger partial charge in [-0.15, -0.1) is 11.3 Å². The molecule has 0 aliphatic heterocycles. The molecule has 7 heteroatoms. The summed E-state index contributed by atoms with van der Waals surface area (Å²) in [5, 5.41) is 0.552. The molecule has 0 radical (unpaired) electrons. The van der Waals surface area contributed by atoms with Gasteiger partial charge in [-0.1, -0.05) is 35.5 Å². The molecular weight excluding hydrogens is 366 g/mol. The maximum Gasteiger partial charge on any atom is 0.316 e. The summed E-state index contributed by atoms with van der Waals surface area (Å²) < 4.78 is 6.90. The fraction of sp³-hybridized carbons (Fsp3) is 0.118. The molecule has 0 spiro atoms. The normalized spacial score (nSPS) is 10.7. The van der Waals surface area contributed by atoms with Gasteiger partial charge in [0.15, 0.2) is 16.7 Å². The number of carbonyl (C=O) groups is 2. The molecule has 0 saturated carbocycles. The number of benzene rings is 2. The Balaban J connectivity index is 1.48. The van der Waals surface area contributed by atoms with Crippen LogP contribution in [0.2, 0.25) is 5.02 Å². The second-order valence-corrected chi connectivity index (χ2v) is 7.52. The van der Waals surface area contributed by atoms with Crippen molar-refractivity contribution in [3.63, 3.8) is 0 Å². The molecule has 24 heavy (non-hydrogen) atoms. The van der Waals surface area contributed by atoms with E-state index in [2.05, 4.69) is 4.98 Å². The van der Waals surface area contributed by atoms with Crippen molar-refractivity contribution in [1.82, 2.24) is 4.98 Å². The lowest BCUT2D eigenvalue weighted by Gasteiger charge is -2.03. The van der Waals surface area contributed by atoms with E-state index in [0.29, 0.717) is 10.6 Å². The number of hydrogen-bond acceptors (Lipinski definition) is 6. The number of carbonyl (C=O) groups excluding carboxylic acids is 2. The number of thioether (sulfide) groups is 1. The quantitative estimate of drug-likeness (QED) is 0.360. The third-order valence-corrected chi connectivity index (χ3v) is 5.52. The Morgan fingerprint density at radius 3 is 2.62 bits per heavy atom. The molecule has 0 amide bonds. The van der Waals surface area contributed by atoms with Gasteiger partial charge in [0.2, 0.25) is 0 Å². The van der Waals surface area contributed by atoms with E-state index in [1.54, 1.807) is 24.3 Å². The second kappa shape index (κ2) is 7.79. The standard InChI is InChI=1S/C17H12ClNO3S2/c18-12-7-5-11(6-8-12)14(20)9-22-16(21)10-23-17-19-13-3-1-2-4-15(13)24-17/h1-8H,9-10H2. The highest BCUT2D eigenvalue weighted by atomic mass is 35.5. The number of rotatable bonds is 6. The topological polar surface area (TPSA) is 56.3 Å². The zero-order chi connectivity index (χ0) is 16.9. The maximum absolute atomic E-state index is 11.9. The van der Waals surface area contributed by atoms with Crippen molar-refractivity contribution in [2.45, 2.75) is 4.34 Å². The summed E-state index contributed by atoms with van der Waals surface area (Å²) in [4.78, 5) is 28.1. The number of aromatic nitrogens is 1. The molecule has 0 atom stereocenters. The fourth-order valence-corrected chi connectivity index (χ4v) is 3.93. The van der Waals surface area contributed by atoms with Crippen molar-refractivity contribution in [1.29, 1.82) is 0 Å². The van der Waals surface area contributed by atoms with Crippen LogP contribution >= 0.6 is 34.7 Å². The fourth-order valence-electron chi connectivity index (χ4n) is 1.94. The van der Waals surface area contributed by atoms with Crippen LogP contribution in [0.4, 0.5) is 0 Å². The van der Waals surface area contributed by atoms with Gasteiger partial charge in [0.1, 0.15) is 0 Å². The van der Waals surface area contributed by atoms with E-state index >= 15 is 0 Å². The second-order valence-electron chi connectivity index (χ2n) is 4.83. The van der Waals surface area contributed by atoms with Crippen molar-refractivity contribution < 1.29 is 14.3 Å². The first-order chi connectivity index (χ1) is 11.6. The van der Waals surface area contributed by atoms with Crippen molar-refractivity contribution >= 4 is 56.7 Å². The molecule has 122 valence electrons. The largest absolute Gasteiger partial charge is 0.457 e. The molecule has 3 rings (SSSR count). The number of nitrogens with zero attached hydrogens (tertiary/aromatic N) is 1. The number of hydrogen-bond donors (Lipinski definition) is 0. The molecule has 0 saturated heterocycles. The predicted molar refractivity (Wildman–Crippen MR) is 97.1 cm³/mol. The predicted octanol–water partition coefficient (Wildman–Crippen LogP) is 4.47. The van der Waals surface area contributed by atoms with Gasteiger partial charge in [0, 0.05) is 10.6 Å². The Bertz CT molecular complexity index is 844. The van der Waals surface area contributed by atoms with Gasteiger partial charge in [-0.2, -0.15) is 0 Å². The highest BCUT2D eigenvalue weighted by molar-refractivity contribution is 8.01. The number of Topliss-reactive ketones (excluding diaryl/α,β-unsaturated/α-hetero) is 1. The number of esters is 1. The van der Waals surface area contributed by atoms with E-state index in [9.17, 15) is 9.59 Å². The van der Waals surface area contributed by atoms with Crippen LogP contribution < -0.4 is 0 Å². The molecule has 3 aromatic rings. The van der Waals surface area contributed by atoms with Crippen LogP contribution in [0.5, 0.6) is 0 Å². The third kappa shape index (κ3) is 4.35. The summed E-state index contributed by atoms with van der Waals surface area (Å²) in [6.45, 7) is -0.277. The monoisotopic (exact) mass is 377 g/mol. The molecule has 1 heterocycles. The summed E-state index contributed by atoms with van der Waals surface area (Å²) in [7, 11) is 0. The Hall–Kier alpha value is -1.89. The molecular formula is C17H12ClNO3S2. The lowest BCUT2D eigenvalue weighted by atomic mass is 10.1. The van der Waals surface area contributed by atoms with Crippen LogP contribution in [0.1, 0.15) is 10.4 Å². The minimum absolute atomic E-state index is 0.119. The van der Waals surface area contributed by atoms with Gasteiger partial charge in [0.25, 0.3) is 0 Å². The number of para-hydroxylation sites is 1. The Labute approximate surface area is 151 Å². The number of ether oxygens (including phenoxy) is 1. The zero-order valence-electron chi connectivity index (χ0n) is 12.4. The van der Waals surface area contributed by atoms with Gasteiger partial charge in [0.05, 0.1) is 16.0 Å². The van der Waals surface area contributed by atoms with E-state index in [4.69, 9.17) is 16.3 Å². The number of thiazole rings is 1. The minimum Gasteiger partial charge on any atom is -0.457 e. The lowest BCUT2D eigenvalue weighted by molar-refractivity contribution is -0.139. The molecule has 0 fully saturated rings. The first kappa shape index (κ1) is 17.0. The van der Waals surface area contributed by atoms with Gasteiger partial charge in [-0.3, -0.25) is 9.59 Å². The lowest BCUT2D eigenvalue weighted by Crippen LogP contribution is -2.15.